The molecule has 0 fully saturated rings. The van der Waals surface area contributed by atoms with Crippen molar-refractivity contribution >= 4 is 33.2 Å². The lowest BCUT2D eigenvalue weighted by Crippen LogP contribution is -2.12. The molecule has 20 heavy (non-hydrogen) atoms. The summed E-state index contributed by atoms with van der Waals surface area (Å²) in [6.45, 7) is 0. The van der Waals surface area contributed by atoms with E-state index in [-0.39, 0.29) is 22.7 Å². The number of rotatable bonds is 3. The van der Waals surface area contributed by atoms with E-state index in [2.05, 4.69) is 26.2 Å². The number of pyridine rings is 1. The van der Waals surface area contributed by atoms with Gasteiger partial charge in [0.15, 0.2) is 0 Å². The number of phenols is 1. The van der Waals surface area contributed by atoms with Gasteiger partial charge < -0.3 is 10.4 Å². The molecule has 0 bridgehead atoms. The van der Waals surface area contributed by atoms with Gasteiger partial charge in [0.2, 0.25) is 0 Å². The van der Waals surface area contributed by atoms with Crippen LogP contribution in [0.1, 0.15) is 10.4 Å². The normalized spacial score (nSPS) is 10.1. The number of aromatic hydroxyl groups is 1. The molecular formula is C12H8BrN3O4. The van der Waals surface area contributed by atoms with Crippen molar-refractivity contribution in [2.24, 2.45) is 0 Å². The molecule has 102 valence electrons. The van der Waals surface area contributed by atoms with Crippen molar-refractivity contribution in [1.29, 1.82) is 0 Å². The van der Waals surface area contributed by atoms with E-state index < -0.39 is 10.8 Å². The first-order valence-corrected chi connectivity index (χ1v) is 6.16. The number of phenolic OH excluding ortho intramolecular Hbond substituents is 1. The first-order chi connectivity index (χ1) is 9.47. The second kappa shape index (κ2) is 5.66. The number of halogens is 1. The standard InChI is InChI=1S/C12H8BrN3O4/c13-8-3-7(5-14-6-8)12(18)15-10-4-9(16(19)20)1-2-11(10)17/h1-6,17H,(H,15,18). The molecule has 2 aromatic rings. The molecule has 1 aromatic carbocycles. The second-order valence-corrected chi connectivity index (χ2v) is 4.72. The van der Waals surface area contributed by atoms with E-state index in [9.17, 15) is 20.0 Å². The minimum Gasteiger partial charge on any atom is -0.506 e. The predicted molar refractivity (Wildman–Crippen MR) is 74.7 cm³/mol. The fraction of sp³-hybridized carbons (Fsp3) is 0. The molecule has 0 atom stereocenters. The monoisotopic (exact) mass is 337 g/mol. The Kier molecular flexibility index (Phi) is 3.94. The molecule has 0 saturated heterocycles. The Balaban J connectivity index is 2.27. The van der Waals surface area contributed by atoms with E-state index in [1.807, 2.05) is 0 Å². The molecule has 2 rings (SSSR count). The Morgan fingerprint density at radius 2 is 2.10 bits per heavy atom. The molecule has 0 radical (unpaired) electrons. The Bertz CT molecular complexity index is 690. The van der Waals surface area contributed by atoms with Crippen molar-refractivity contribution in [2.45, 2.75) is 0 Å². The maximum atomic E-state index is 11.9. The van der Waals surface area contributed by atoms with Gasteiger partial charge in [0.25, 0.3) is 11.6 Å². The largest absolute Gasteiger partial charge is 0.506 e. The van der Waals surface area contributed by atoms with Crippen LogP contribution in [0.2, 0.25) is 0 Å². The highest BCUT2D eigenvalue weighted by Gasteiger charge is 2.14. The summed E-state index contributed by atoms with van der Waals surface area (Å²) in [6.07, 6.45) is 2.86. The third-order valence-corrected chi connectivity index (χ3v) is 2.84. The molecule has 8 heteroatoms. The fourth-order valence-electron chi connectivity index (χ4n) is 1.47. The molecule has 0 unspecified atom stereocenters. The summed E-state index contributed by atoms with van der Waals surface area (Å²) < 4.78 is 0.619. The van der Waals surface area contributed by atoms with Crippen LogP contribution in [0.25, 0.3) is 0 Å². The van der Waals surface area contributed by atoms with E-state index in [0.717, 1.165) is 18.2 Å². The Morgan fingerprint density at radius 1 is 1.35 bits per heavy atom. The van der Waals surface area contributed by atoms with Gasteiger partial charge in [-0.2, -0.15) is 0 Å². The molecule has 1 aromatic heterocycles. The summed E-state index contributed by atoms with van der Waals surface area (Å²) in [5, 5.41) is 22.7. The zero-order valence-corrected chi connectivity index (χ0v) is 11.5. The maximum Gasteiger partial charge on any atom is 0.271 e. The van der Waals surface area contributed by atoms with Crippen LogP contribution in [0.4, 0.5) is 11.4 Å². The Hall–Kier alpha value is -2.48. The number of aromatic nitrogens is 1. The summed E-state index contributed by atoms with van der Waals surface area (Å²) in [5.74, 6) is -0.790. The number of carbonyl (C=O) groups is 1. The highest BCUT2D eigenvalue weighted by molar-refractivity contribution is 9.10. The number of non-ortho nitro benzene ring substituents is 1. The molecular weight excluding hydrogens is 330 g/mol. The van der Waals surface area contributed by atoms with Gasteiger partial charge in [-0.15, -0.1) is 0 Å². The van der Waals surface area contributed by atoms with Crippen molar-refractivity contribution in [2.75, 3.05) is 5.32 Å². The van der Waals surface area contributed by atoms with Gasteiger partial charge in [-0.3, -0.25) is 19.9 Å². The lowest BCUT2D eigenvalue weighted by molar-refractivity contribution is -0.384. The third-order valence-electron chi connectivity index (χ3n) is 2.41. The number of carbonyl (C=O) groups excluding carboxylic acids is 1. The summed E-state index contributed by atoms with van der Waals surface area (Å²) >= 11 is 3.18. The zero-order valence-electron chi connectivity index (χ0n) is 9.91. The number of amides is 1. The molecule has 7 nitrogen and oxygen atoms in total. The first-order valence-electron chi connectivity index (χ1n) is 5.36. The minimum atomic E-state index is -0.615. The van der Waals surface area contributed by atoms with Crippen LogP contribution in [0, 0.1) is 10.1 Å². The molecule has 0 saturated carbocycles. The molecule has 0 aliphatic rings. The number of nitro benzene ring substituents is 1. The number of hydrogen-bond acceptors (Lipinski definition) is 5. The van der Waals surface area contributed by atoms with Crippen LogP contribution >= 0.6 is 15.9 Å². The van der Waals surface area contributed by atoms with E-state index >= 15 is 0 Å². The SMILES string of the molecule is O=C(Nc1cc([N+](=O)[O-])ccc1O)c1cncc(Br)c1. The maximum absolute atomic E-state index is 11.9. The van der Waals surface area contributed by atoms with Crippen molar-refractivity contribution in [1.82, 2.24) is 4.98 Å². The summed E-state index contributed by atoms with van der Waals surface area (Å²) in [4.78, 5) is 25.8. The average molecular weight is 338 g/mol. The first kappa shape index (κ1) is 13.9. The smallest absolute Gasteiger partial charge is 0.271 e. The van der Waals surface area contributed by atoms with Gasteiger partial charge in [0.05, 0.1) is 16.2 Å². The topological polar surface area (TPSA) is 105 Å². The van der Waals surface area contributed by atoms with Crippen LogP contribution in [-0.4, -0.2) is 20.9 Å². The zero-order chi connectivity index (χ0) is 14.7. The van der Waals surface area contributed by atoms with Crippen LogP contribution in [-0.2, 0) is 0 Å². The van der Waals surface area contributed by atoms with Crippen molar-refractivity contribution in [3.8, 4) is 5.75 Å². The lowest BCUT2D eigenvalue weighted by atomic mass is 10.2. The van der Waals surface area contributed by atoms with Crippen LogP contribution in [0.3, 0.4) is 0 Å². The Morgan fingerprint density at radius 3 is 2.75 bits per heavy atom. The lowest BCUT2D eigenvalue weighted by Gasteiger charge is -2.07. The van der Waals surface area contributed by atoms with Gasteiger partial charge in [-0.1, -0.05) is 0 Å². The molecule has 0 aliphatic heterocycles. The summed E-state index contributed by atoms with van der Waals surface area (Å²) in [5.41, 5.74) is -0.0140. The summed E-state index contributed by atoms with van der Waals surface area (Å²) in [6, 6.07) is 4.91. The average Bonchev–Trinajstić information content (AvgIpc) is 2.41. The van der Waals surface area contributed by atoms with E-state index in [0.29, 0.717) is 4.47 Å². The van der Waals surface area contributed by atoms with Gasteiger partial charge in [-0.25, -0.2) is 0 Å². The number of benzene rings is 1. The van der Waals surface area contributed by atoms with E-state index in [1.54, 1.807) is 0 Å². The number of nitro groups is 1. The van der Waals surface area contributed by atoms with Crippen molar-refractivity contribution < 1.29 is 14.8 Å². The third kappa shape index (κ3) is 3.09. The second-order valence-electron chi connectivity index (χ2n) is 3.80. The van der Waals surface area contributed by atoms with Crippen molar-refractivity contribution in [3.05, 3.63) is 56.8 Å². The van der Waals surface area contributed by atoms with E-state index in [4.69, 9.17) is 0 Å². The van der Waals surface area contributed by atoms with Gasteiger partial charge in [0, 0.05) is 29.0 Å². The Labute approximate surface area is 121 Å². The molecule has 1 amide bonds. The number of nitrogens with zero attached hydrogens (tertiary/aromatic N) is 2. The van der Waals surface area contributed by atoms with Crippen LogP contribution in [0.15, 0.2) is 41.1 Å². The number of nitrogens with one attached hydrogen (secondary N) is 1. The van der Waals surface area contributed by atoms with Gasteiger partial charge in [-0.05, 0) is 28.1 Å². The van der Waals surface area contributed by atoms with Crippen molar-refractivity contribution in [3.63, 3.8) is 0 Å². The van der Waals surface area contributed by atoms with Crippen LogP contribution in [0.5, 0.6) is 5.75 Å². The highest BCUT2D eigenvalue weighted by atomic mass is 79.9. The van der Waals surface area contributed by atoms with Gasteiger partial charge in [0.1, 0.15) is 5.75 Å². The summed E-state index contributed by atoms with van der Waals surface area (Å²) in [7, 11) is 0. The molecule has 2 N–H and O–H groups in total. The fourth-order valence-corrected chi connectivity index (χ4v) is 1.83. The van der Waals surface area contributed by atoms with E-state index in [1.165, 1.54) is 18.5 Å². The quantitative estimate of drug-likeness (QED) is 0.508. The number of hydrogen-bond donors (Lipinski definition) is 2. The predicted octanol–water partition coefficient (Wildman–Crippen LogP) is 2.71. The van der Waals surface area contributed by atoms with Crippen LogP contribution < -0.4 is 5.32 Å². The molecule has 0 spiro atoms. The van der Waals surface area contributed by atoms with Gasteiger partial charge >= 0.3 is 0 Å². The number of anilines is 1. The molecule has 0 aliphatic carbocycles. The molecule has 1 heterocycles. The minimum absolute atomic E-state index is 0.0378. The highest BCUT2D eigenvalue weighted by Crippen LogP contribution is 2.28.